The van der Waals surface area contributed by atoms with Gasteiger partial charge in [0.1, 0.15) is 35.4 Å². The van der Waals surface area contributed by atoms with Gasteiger partial charge in [0.25, 0.3) is 17.9 Å². The lowest BCUT2D eigenvalue weighted by Crippen LogP contribution is -2.38. The third-order valence-corrected chi connectivity index (χ3v) is 8.33. The van der Waals surface area contributed by atoms with E-state index < -0.39 is 71.3 Å². The standard InChI is InChI=1S/C31H23F6N7O3/c1-47-23-5-4-17(12-39-23)44-29(41-28-18(30(44)46)3-2-6-38-28)21(9-14-7-15(32)10-16(33)8-14)40-22(45)13-43-26-24(25(42-43)27(34)35)19-11-20(19)31(26,36)37/h2-8,10,12,19-21,27H,9,11,13H2,1H3,(H,40,45). The average Bonchev–Trinajstić information content (AvgIpc) is 3.69. The molecule has 4 aromatic heterocycles. The van der Waals surface area contributed by atoms with E-state index in [1.165, 1.54) is 43.8 Å². The number of carbonyl (C=O) groups excluding carboxylic acids is 1. The molecule has 1 N–H and O–H groups in total. The predicted molar refractivity (Wildman–Crippen MR) is 152 cm³/mol. The average molecular weight is 656 g/mol. The van der Waals surface area contributed by atoms with Gasteiger partial charge in [-0.05, 0) is 48.2 Å². The van der Waals surface area contributed by atoms with Crippen LogP contribution >= 0.6 is 0 Å². The Bertz CT molecular complexity index is 2080. The van der Waals surface area contributed by atoms with Crippen molar-refractivity contribution in [3.05, 3.63) is 105 Å². The molecule has 47 heavy (non-hydrogen) atoms. The second-order valence-corrected chi connectivity index (χ2v) is 11.3. The lowest BCUT2D eigenvalue weighted by molar-refractivity contribution is -0.123. The van der Waals surface area contributed by atoms with E-state index in [2.05, 4.69) is 25.4 Å². The summed E-state index contributed by atoms with van der Waals surface area (Å²) >= 11 is 0. The lowest BCUT2D eigenvalue weighted by atomic mass is 10.0. The number of hydrogen-bond donors (Lipinski definition) is 1. The van der Waals surface area contributed by atoms with Crippen LogP contribution in [0.2, 0.25) is 0 Å². The molecule has 7 rings (SSSR count). The van der Waals surface area contributed by atoms with E-state index in [9.17, 15) is 27.2 Å². The highest BCUT2D eigenvalue weighted by molar-refractivity contribution is 5.77. The molecule has 2 aliphatic carbocycles. The molecule has 1 aromatic carbocycles. The number of alkyl halides is 4. The van der Waals surface area contributed by atoms with Crippen LogP contribution in [-0.4, -0.2) is 42.3 Å². The number of carbonyl (C=O) groups is 1. The molecule has 0 saturated heterocycles. The Morgan fingerprint density at radius 1 is 1.13 bits per heavy atom. The first-order valence-electron chi connectivity index (χ1n) is 14.4. The van der Waals surface area contributed by atoms with E-state index in [1.54, 1.807) is 0 Å². The summed E-state index contributed by atoms with van der Waals surface area (Å²) in [6.07, 6.45) is -0.740. The number of hydrogen-bond acceptors (Lipinski definition) is 7. The van der Waals surface area contributed by atoms with Gasteiger partial charge in [0.2, 0.25) is 11.8 Å². The fourth-order valence-electron chi connectivity index (χ4n) is 6.27. The van der Waals surface area contributed by atoms with E-state index in [0.717, 1.165) is 16.7 Å². The molecule has 0 spiro atoms. The minimum absolute atomic E-state index is 0.0137. The van der Waals surface area contributed by atoms with Crippen LogP contribution in [0, 0.1) is 17.6 Å². The van der Waals surface area contributed by atoms with Crippen molar-refractivity contribution in [2.45, 2.75) is 43.7 Å². The molecule has 242 valence electrons. The molecule has 1 fully saturated rings. The van der Waals surface area contributed by atoms with Gasteiger partial charge in [-0.15, -0.1) is 0 Å². The van der Waals surface area contributed by atoms with E-state index in [0.29, 0.717) is 10.7 Å². The monoisotopic (exact) mass is 655 g/mol. The maximum Gasteiger partial charge on any atom is 0.293 e. The van der Waals surface area contributed by atoms with Crippen LogP contribution in [0.1, 0.15) is 53.1 Å². The van der Waals surface area contributed by atoms with Gasteiger partial charge in [-0.3, -0.25) is 18.8 Å². The molecule has 0 aliphatic heterocycles. The van der Waals surface area contributed by atoms with Crippen LogP contribution in [0.5, 0.6) is 5.88 Å². The number of benzene rings is 1. The van der Waals surface area contributed by atoms with Crippen LogP contribution in [0.25, 0.3) is 16.7 Å². The summed E-state index contributed by atoms with van der Waals surface area (Å²) in [6, 6.07) is 7.31. The minimum Gasteiger partial charge on any atom is -0.481 e. The lowest BCUT2D eigenvalue weighted by Gasteiger charge is -2.23. The number of pyridine rings is 2. The number of rotatable bonds is 9. The summed E-state index contributed by atoms with van der Waals surface area (Å²) in [5.41, 5.74) is -2.18. The molecule has 2 aliphatic rings. The second kappa shape index (κ2) is 11.2. The van der Waals surface area contributed by atoms with Gasteiger partial charge in [-0.25, -0.2) is 32.5 Å². The highest BCUT2D eigenvalue weighted by atomic mass is 19.3. The molecule has 1 saturated carbocycles. The number of halogens is 6. The van der Waals surface area contributed by atoms with Crippen LogP contribution in [0.3, 0.4) is 0 Å². The van der Waals surface area contributed by atoms with Gasteiger partial charge in [0.05, 0.1) is 30.4 Å². The van der Waals surface area contributed by atoms with Crippen LogP contribution in [-0.2, 0) is 23.7 Å². The molecule has 4 heterocycles. The number of nitrogens with zero attached hydrogens (tertiary/aromatic N) is 6. The Morgan fingerprint density at radius 3 is 2.57 bits per heavy atom. The molecule has 16 heteroatoms. The fourth-order valence-corrected chi connectivity index (χ4v) is 6.27. The quantitative estimate of drug-likeness (QED) is 0.225. The number of amides is 1. The van der Waals surface area contributed by atoms with E-state index in [1.807, 2.05) is 0 Å². The first-order valence-corrected chi connectivity index (χ1v) is 14.4. The predicted octanol–water partition coefficient (Wildman–Crippen LogP) is 4.91. The summed E-state index contributed by atoms with van der Waals surface area (Å²) in [5, 5.41) is 6.39. The second-order valence-electron chi connectivity index (χ2n) is 11.3. The van der Waals surface area contributed by atoms with Crippen molar-refractivity contribution in [3.63, 3.8) is 0 Å². The normalized spacial score (nSPS) is 18.2. The maximum atomic E-state index is 15.2. The van der Waals surface area contributed by atoms with Gasteiger partial charge < -0.3 is 10.1 Å². The maximum absolute atomic E-state index is 15.2. The van der Waals surface area contributed by atoms with Crippen molar-refractivity contribution in [1.82, 2.24) is 34.6 Å². The van der Waals surface area contributed by atoms with Crippen LogP contribution in [0.4, 0.5) is 26.3 Å². The molecule has 1 amide bonds. The zero-order chi connectivity index (χ0) is 33.2. The summed E-state index contributed by atoms with van der Waals surface area (Å²) in [7, 11) is 1.39. The topological polar surface area (TPSA) is 117 Å². The van der Waals surface area contributed by atoms with Gasteiger partial charge in [0, 0.05) is 36.2 Å². The molecule has 5 aromatic rings. The van der Waals surface area contributed by atoms with Crippen LogP contribution < -0.4 is 15.6 Å². The van der Waals surface area contributed by atoms with Crippen molar-refractivity contribution in [2.24, 2.45) is 5.92 Å². The summed E-state index contributed by atoms with van der Waals surface area (Å²) in [6.45, 7) is -0.891. The molecular formula is C31H23F6N7O3. The van der Waals surface area contributed by atoms with Crippen molar-refractivity contribution in [3.8, 4) is 11.6 Å². The highest BCUT2D eigenvalue weighted by Crippen LogP contribution is 2.68. The van der Waals surface area contributed by atoms with E-state index >= 15 is 8.78 Å². The molecule has 3 unspecified atom stereocenters. The van der Waals surface area contributed by atoms with Crippen molar-refractivity contribution in [1.29, 1.82) is 0 Å². The van der Waals surface area contributed by atoms with E-state index in [4.69, 9.17) is 4.74 Å². The molecule has 3 atom stereocenters. The fraction of sp³-hybridized carbons (Fsp3) is 0.290. The van der Waals surface area contributed by atoms with Gasteiger partial charge in [0.15, 0.2) is 5.65 Å². The minimum atomic E-state index is -3.47. The Kier molecular flexibility index (Phi) is 7.24. The van der Waals surface area contributed by atoms with Crippen molar-refractivity contribution in [2.75, 3.05) is 7.11 Å². The zero-order valence-electron chi connectivity index (χ0n) is 24.3. The van der Waals surface area contributed by atoms with Gasteiger partial charge in [-0.2, -0.15) is 13.9 Å². The summed E-state index contributed by atoms with van der Waals surface area (Å²) in [5.74, 6) is -8.08. The molecular weight excluding hydrogens is 632 g/mol. The Morgan fingerprint density at radius 2 is 1.89 bits per heavy atom. The van der Waals surface area contributed by atoms with Crippen molar-refractivity contribution < 1.29 is 35.9 Å². The number of ether oxygens (including phenoxy) is 1. The summed E-state index contributed by atoms with van der Waals surface area (Å²) in [4.78, 5) is 40.3. The molecule has 10 nitrogen and oxygen atoms in total. The number of fused-ring (bicyclic) bond motifs is 4. The number of nitrogens with one attached hydrogen (secondary N) is 1. The Balaban J connectivity index is 1.33. The Labute approximate surface area is 261 Å². The number of aromatic nitrogens is 6. The van der Waals surface area contributed by atoms with Crippen molar-refractivity contribution >= 4 is 16.9 Å². The first kappa shape index (κ1) is 30.4. The first-order chi connectivity index (χ1) is 22.5. The number of methoxy groups -OCH3 is 1. The largest absolute Gasteiger partial charge is 0.481 e. The van der Waals surface area contributed by atoms with E-state index in [-0.39, 0.29) is 52.4 Å². The van der Waals surface area contributed by atoms with Gasteiger partial charge in [-0.1, -0.05) is 0 Å². The zero-order valence-corrected chi connectivity index (χ0v) is 24.3. The van der Waals surface area contributed by atoms with Crippen LogP contribution in [0.15, 0.2) is 59.7 Å². The molecule has 0 bridgehead atoms. The SMILES string of the molecule is COc1ccc(-n2c(C(Cc3cc(F)cc(F)c3)NC(=O)Cn3nc(C(F)F)c4c3C(F)(F)C3CC43)nc3ncccc3c2=O)cn1. The van der Waals surface area contributed by atoms with Gasteiger partial charge >= 0.3 is 0 Å². The third-order valence-electron chi connectivity index (χ3n) is 8.33. The third kappa shape index (κ3) is 5.26. The smallest absolute Gasteiger partial charge is 0.293 e. The molecule has 0 radical (unpaired) electrons. The summed E-state index contributed by atoms with van der Waals surface area (Å²) < 4.78 is 93.3. The highest BCUT2D eigenvalue weighted by Gasteiger charge is 2.67. The Hall–Kier alpha value is -5.28.